The summed E-state index contributed by atoms with van der Waals surface area (Å²) in [7, 11) is 0. The Labute approximate surface area is 148 Å². The van der Waals surface area contributed by atoms with Crippen LogP contribution in [0.4, 0.5) is 11.5 Å². The highest BCUT2D eigenvalue weighted by Gasteiger charge is 2.25. The molecule has 3 rings (SSSR count). The van der Waals surface area contributed by atoms with Crippen molar-refractivity contribution in [2.24, 2.45) is 10.1 Å². The molecule has 0 radical (unpaired) electrons. The molecule has 7 heteroatoms. The van der Waals surface area contributed by atoms with E-state index >= 15 is 0 Å². The largest absolute Gasteiger partial charge is 0.357 e. The first-order chi connectivity index (χ1) is 12.1. The van der Waals surface area contributed by atoms with Crippen LogP contribution in [0.5, 0.6) is 0 Å². The van der Waals surface area contributed by atoms with Crippen molar-refractivity contribution < 1.29 is 0 Å². The van der Waals surface area contributed by atoms with Crippen molar-refractivity contribution in [1.29, 1.82) is 0 Å². The molecule has 2 aromatic heterocycles. The number of fused-ring (bicyclic) bond motifs is 1. The molecule has 0 fully saturated rings. The molecule has 3 heterocycles. The second-order valence-corrected chi connectivity index (χ2v) is 6.09. The van der Waals surface area contributed by atoms with E-state index in [2.05, 4.69) is 41.0 Å². The predicted octanol–water partition coefficient (Wildman–Crippen LogP) is 3.14. The fourth-order valence-corrected chi connectivity index (χ4v) is 2.94. The van der Waals surface area contributed by atoms with Crippen LogP contribution in [0, 0.1) is 6.92 Å². The summed E-state index contributed by atoms with van der Waals surface area (Å²) < 4.78 is 1.81. The summed E-state index contributed by atoms with van der Waals surface area (Å²) in [4.78, 5) is 11.7. The zero-order valence-electron chi connectivity index (χ0n) is 15.6. The van der Waals surface area contributed by atoms with Crippen LogP contribution in [-0.4, -0.2) is 44.4 Å². The number of nitrogens with zero attached hydrogens (tertiary/aromatic N) is 7. The van der Waals surface area contributed by atoms with Crippen LogP contribution in [0.15, 0.2) is 22.2 Å². The third kappa shape index (κ3) is 3.18. The van der Waals surface area contributed by atoms with Crippen LogP contribution in [0.3, 0.4) is 0 Å². The number of hydrogen-bond donors (Lipinski definition) is 0. The molecule has 1 aliphatic rings. The Morgan fingerprint density at radius 2 is 1.84 bits per heavy atom. The Morgan fingerprint density at radius 3 is 2.48 bits per heavy atom. The molecule has 0 bridgehead atoms. The van der Waals surface area contributed by atoms with Gasteiger partial charge in [-0.15, -0.1) is 10.2 Å². The number of hydrogen-bond acceptors (Lipinski definition) is 6. The minimum Gasteiger partial charge on any atom is -0.357 e. The molecule has 7 nitrogen and oxygen atoms in total. The monoisotopic (exact) mass is 339 g/mol. The summed E-state index contributed by atoms with van der Waals surface area (Å²) in [6.07, 6.45) is 1.87. The Balaban J connectivity index is 1.96. The van der Waals surface area contributed by atoms with Crippen molar-refractivity contribution in [3.05, 3.63) is 29.5 Å². The molecule has 0 saturated carbocycles. The lowest BCUT2D eigenvalue weighted by Crippen LogP contribution is -2.23. The maximum atomic E-state index is 4.79. The summed E-state index contributed by atoms with van der Waals surface area (Å²) in [6, 6.07) is 4.04. The van der Waals surface area contributed by atoms with E-state index in [0.717, 1.165) is 60.4 Å². The van der Waals surface area contributed by atoms with Crippen molar-refractivity contribution in [3.8, 4) is 0 Å². The van der Waals surface area contributed by atoms with Crippen LogP contribution in [0.25, 0.3) is 0 Å². The first kappa shape index (κ1) is 17.3. The summed E-state index contributed by atoms with van der Waals surface area (Å²) in [5.41, 5.74) is 3.37. The van der Waals surface area contributed by atoms with E-state index < -0.39 is 0 Å². The standard InChI is InChI=1S/C18H25N7/c1-6-9-16-21-22-18-17(13(5)23-25(16)18)20-14-10-11-15(19-12(14)4)24(7-2)8-3/h10-11H,6-9H2,1-5H3/b20-17+. The number of pyridine rings is 1. The second kappa shape index (κ2) is 7.13. The van der Waals surface area contributed by atoms with Gasteiger partial charge in [0.15, 0.2) is 5.82 Å². The summed E-state index contributed by atoms with van der Waals surface area (Å²) in [6.45, 7) is 12.2. The van der Waals surface area contributed by atoms with E-state index in [4.69, 9.17) is 9.98 Å². The van der Waals surface area contributed by atoms with Gasteiger partial charge in [-0.1, -0.05) is 6.92 Å². The SMILES string of the molecule is CCCc1nnc2n1N=C(C)/C2=N\c1ccc(N(CC)CC)nc1C. The van der Waals surface area contributed by atoms with Gasteiger partial charge in [0.25, 0.3) is 0 Å². The van der Waals surface area contributed by atoms with Crippen molar-refractivity contribution in [2.75, 3.05) is 18.0 Å². The van der Waals surface area contributed by atoms with Gasteiger partial charge in [0.2, 0.25) is 5.82 Å². The van der Waals surface area contributed by atoms with Crippen LogP contribution in [-0.2, 0) is 6.42 Å². The molecular weight excluding hydrogens is 314 g/mol. The summed E-state index contributed by atoms with van der Waals surface area (Å²) >= 11 is 0. The number of anilines is 1. The smallest absolute Gasteiger partial charge is 0.205 e. The quantitative estimate of drug-likeness (QED) is 0.810. The maximum absolute atomic E-state index is 4.79. The summed E-state index contributed by atoms with van der Waals surface area (Å²) in [5.74, 6) is 2.58. The van der Waals surface area contributed by atoms with E-state index in [1.54, 1.807) is 0 Å². The number of aliphatic imine (C=N–C) groups is 1. The van der Waals surface area contributed by atoms with Crippen LogP contribution in [0.2, 0.25) is 0 Å². The van der Waals surface area contributed by atoms with Crippen molar-refractivity contribution in [3.63, 3.8) is 0 Å². The van der Waals surface area contributed by atoms with Gasteiger partial charge in [0, 0.05) is 19.5 Å². The van der Waals surface area contributed by atoms with Gasteiger partial charge in [-0.25, -0.2) is 9.98 Å². The predicted molar refractivity (Wildman–Crippen MR) is 101 cm³/mol. The maximum Gasteiger partial charge on any atom is 0.205 e. The average molecular weight is 339 g/mol. The molecule has 2 aromatic rings. The minimum absolute atomic E-state index is 0.716. The molecule has 0 N–H and O–H groups in total. The minimum atomic E-state index is 0.716. The third-order valence-corrected chi connectivity index (χ3v) is 4.35. The van der Waals surface area contributed by atoms with E-state index in [1.807, 2.05) is 30.7 Å². The normalized spacial score (nSPS) is 14.8. The first-order valence-corrected chi connectivity index (χ1v) is 8.90. The zero-order valence-corrected chi connectivity index (χ0v) is 15.6. The van der Waals surface area contributed by atoms with Gasteiger partial charge in [-0.05, 0) is 46.2 Å². The Bertz CT molecular complexity index is 828. The summed E-state index contributed by atoms with van der Waals surface area (Å²) in [5, 5.41) is 13.1. The second-order valence-electron chi connectivity index (χ2n) is 6.09. The molecule has 0 saturated heterocycles. The van der Waals surface area contributed by atoms with E-state index in [-0.39, 0.29) is 0 Å². The van der Waals surface area contributed by atoms with Gasteiger partial charge >= 0.3 is 0 Å². The van der Waals surface area contributed by atoms with E-state index in [0.29, 0.717) is 5.82 Å². The molecule has 0 aliphatic carbocycles. The molecule has 0 amide bonds. The zero-order chi connectivity index (χ0) is 18.0. The fourth-order valence-electron chi connectivity index (χ4n) is 2.94. The van der Waals surface area contributed by atoms with Crippen molar-refractivity contribution in [1.82, 2.24) is 19.9 Å². The van der Waals surface area contributed by atoms with Gasteiger partial charge in [-0.2, -0.15) is 9.78 Å². The van der Waals surface area contributed by atoms with Crippen molar-refractivity contribution >= 4 is 22.9 Å². The van der Waals surface area contributed by atoms with Gasteiger partial charge < -0.3 is 4.90 Å². The van der Waals surface area contributed by atoms with Gasteiger partial charge in [0.05, 0.1) is 17.1 Å². The molecule has 0 unspecified atom stereocenters. The van der Waals surface area contributed by atoms with Crippen LogP contribution >= 0.6 is 0 Å². The van der Waals surface area contributed by atoms with Gasteiger partial charge in [0.1, 0.15) is 11.5 Å². The molecule has 0 atom stereocenters. The molecular formula is C18H25N7. The average Bonchev–Trinajstić information content (AvgIpc) is 3.11. The number of aromatic nitrogens is 4. The molecule has 132 valence electrons. The highest BCUT2D eigenvalue weighted by molar-refractivity contribution is 6.48. The highest BCUT2D eigenvalue weighted by Crippen LogP contribution is 2.24. The van der Waals surface area contributed by atoms with E-state index in [1.165, 1.54) is 0 Å². The Morgan fingerprint density at radius 1 is 1.08 bits per heavy atom. The Hall–Kier alpha value is -2.57. The van der Waals surface area contributed by atoms with Crippen LogP contribution in [0.1, 0.15) is 51.5 Å². The number of aryl methyl sites for hydroxylation is 2. The molecule has 0 spiro atoms. The van der Waals surface area contributed by atoms with E-state index in [9.17, 15) is 0 Å². The van der Waals surface area contributed by atoms with Crippen LogP contribution < -0.4 is 4.90 Å². The fraction of sp³-hybridized carbons (Fsp3) is 0.500. The lowest BCUT2D eigenvalue weighted by molar-refractivity contribution is 0.746. The molecule has 0 aromatic carbocycles. The molecule has 25 heavy (non-hydrogen) atoms. The lowest BCUT2D eigenvalue weighted by Gasteiger charge is -2.20. The topological polar surface area (TPSA) is 71.6 Å². The van der Waals surface area contributed by atoms with Crippen molar-refractivity contribution in [2.45, 2.75) is 47.5 Å². The van der Waals surface area contributed by atoms with Gasteiger partial charge in [-0.3, -0.25) is 0 Å². The highest BCUT2D eigenvalue weighted by atomic mass is 15.5. The lowest BCUT2D eigenvalue weighted by atomic mass is 10.2. The molecule has 1 aliphatic heterocycles. The third-order valence-electron chi connectivity index (χ3n) is 4.35. The first-order valence-electron chi connectivity index (χ1n) is 8.90. The number of rotatable bonds is 6. The Kier molecular flexibility index (Phi) is 4.92.